The van der Waals surface area contributed by atoms with Crippen molar-refractivity contribution in [2.24, 2.45) is 0 Å². The molecule has 2 aromatic carbocycles. The van der Waals surface area contributed by atoms with Gasteiger partial charge in [0, 0.05) is 29.4 Å². The molecule has 21 heavy (non-hydrogen) atoms. The van der Waals surface area contributed by atoms with Gasteiger partial charge in [-0.05, 0) is 23.8 Å². The SMILES string of the molecule is O=C(O)c1cc([N+](=O)[O-])ccc1NCc1cccc(Cl)c1. The van der Waals surface area contributed by atoms with Crippen LogP contribution in [0.25, 0.3) is 0 Å². The van der Waals surface area contributed by atoms with Crippen LogP contribution in [0.4, 0.5) is 11.4 Å². The van der Waals surface area contributed by atoms with E-state index < -0.39 is 10.9 Å². The topological polar surface area (TPSA) is 92.5 Å². The molecule has 0 saturated heterocycles. The number of hydrogen-bond acceptors (Lipinski definition) is 4. The van der Waals surface area contributed by atoms with Crippen LogP contribution >= 0.6 is 11.6 Å². The van der Waals surface area contributed by atoms with Crippen molar-refractivity contribution in [2.75, 3.05) is 5.32 Å². The van der Waals surface area contributed by atoms with Crippen molar-refractivity contribution in [1.82, 2.24) is 0 Å². The third-order valence-corrected chi connectivity index (χ3v) is 3.05. The maximum Gasteiger partial charge on any atom is 0.338 e. The first kappa shape index (κ1) is 14.8. The number of benzene rings is 2. The number of hydrogen-bond donors (Lipinski definition) is 2. The molecule has 0 atom stereocenters. The van der Waals surface area contributed by atoms with E-state index in [0.29, 0.717) is 17.3 Å². The lowest BCUT2D eigenvalue weighted by atomic mass is 10.1. The molecule has 0 aliphatic heterocycles. The number of non-ortho nitro benzene ring substituents is 1. The summed E-state index contributed by atoms with van der Waals surface area (Å²) in [6, 6.07) is 10.8. The minimum absolute atomic E-state index is 0.147. The first-order chi connectivity index (χ1) is 9.97. The molecule has 7 heteroatoms. The molecular formula is C14H11ClN2O4. The first-order valence-electron chi connectivity index (χ1n) is 5.97. The van der Waals surface area contributed by atoms with Gasteiger partial charge in [-0.15, -0.1) is 0 Å². The van der Waals surface area contributed by atoms with E-state index in [1.165, 1.54) is 12.1 Å². The number of nitrogens with zero attached hydrogens (tertiary/aromatic N) is 1. The summed E-state index contributed by atoms with van der Waals surface area (Å²) in [7, 11) is 0. The summed E-state index contributed by atoms with van der Waals surface area (Å²) < 4.78 is 0. The highest BCUT2D eigenvalue weighted by molar-refractivity contribution is 6.30. The van der Waals surface area contributed by atoms with Gasteiger partial charge in [0.15, 0.2) is 0 Å². The molecule has 0 saturated carbocycles. The summed E-state index contributed by atoms with van der Waals surface area (Å²) in [4.78, 5) is 21.2. The van der Waals surface area contributed by atoms with Gasteiger partial charge in [0.2, 0.25) is 0 Å². The number of anilines is 1. The van der Waals surface area contributed by atoms with Crippen LogP contribution in [0.15, 0.2) is 42.5 Å². The van der Waals surface area contributed by atoms with E-state index in [0.717, 1.165) is 11.6 Å². The first-order valence-corrected chi connectivity index (χ1v) is 6.35. The minimum Gasteiger partial charge on any atom is -0.478 e. The lowest BCUT2D eigenvalue weighted by molar-refractivity contribution is -0.384. The van der Waals surface area contributed by atoms with E-state index in [2.05, 4.69) is 5.32 Å². The summed E-state index contributed by atoms with van der Waals surface area (Å²) in [5, 5.41) is 23.3. The monoisotopic (exact) mass is 306 g/mol. The van der Waals surface area contributed by atoms with Crippen molar-refractivity contribution < 1.29 is 14.8 Å². The van der Waals surface area contributed by atoms with Gasteiger partial charge in [-0.1, -0.05) is 23.7 Å². The number of nitro groups is 1. The number of carboxylic acid groups (broad SMARTS) is 1. The fraction of sp³-hybridized carbons (Fsp3) is 0.0714. The van der Waals surface area contributed by atoms with Crippen molar-refractivity contribution in [1.29, 1.82) is 0 Å². The Morgan fingerprint density at radius 3 is 2.67 bits per heavy atom. The molecule has 0 spiro atoms. The Labute approximate surface area is 125 Å². The third kappa shape index (κ3) is 3.70. The summed E-state index contributed by atoms with van der Waals surface area (Å²) in [6.07, 6.45) is 0. The molecule has 0 fully saturated rings. The molecule has 0 aromatic heterocycles. The fourth-order valence-electron chi connectivity index (χ4n) is 1.82. The molecule has 2 rings (SSSR count). The van der Waals surface area contributed by atoms with E-state index in [1.807, 2.05) is 6.07 Å². The zero-order chi connectivity index (χ0) is 15.4. The molecule has 0 heterocycles. The molecule has 0 aliphatic carbocycles. The van der Waals surface area contributed by atoms with Crippen molar-refractivity contribution in [3.05, 3.63) is 68.7 Å². The van der Waals surface area contributed by atoms with Crippen LogP contribution in [0, 0.1) is 10.1 Å². The molecule has 0 bridgehead atoms. The highest BCUT2D eigenvalue weighted by Crippen LogP contribution is 2.23. The van der Waals surface area contributed by atoms with Gasteiger partial charge < -0.3 is 10.4 Å². The molecule has 0 unspecified atom stereocenters. The van der Waals surface area contributed by atoms with Crippen molar-refractivity contribution in [2.45, 2.75) is 6.54 Å². The quantitative estimate of drug-likeness (QED) is 0.651. The molecule has 2 aromatic rings. The number of carboxylic acids is 1. The lowest BCUT2D eigenvalue weighted by Gasteiger charge is -2.09. The Bertz CT molecular complexity index is 703. The van der Waals surface area contributed by atoms with Crippen LogP contribution in [-0.4, -0.2) is 16.0 Å². The maximum absolute atomic E-state index is 11.2. The van der Waals surface area contributed by atoms with E-state index >= 15 is 0 Å². The van der Waals surface area contributed by atoms with Gasteiger partial charge in [0.1, 0.15) is 0 Å². The largest absolute Gasteiger partial charge is 0.478 e. The van der Waals surface area contributed by atoms with Crippen molar-refractivity contribution in [3.8, 4) is 0 Å². The average molecular weight is 307 g/mol. The lowest BCUT2D eigenvalue weighted by Crippen LogP contribution is -2.07. The molecule has 108 valence electrons. The van der Waals surface area contributed by atoms with Crippen LogP contribution < -0.4 is 5.32 Å². The highest BCUT2D eigenvalue weighted by atomic mass is 35.5. The van der Waals surface area contributed by atoms with Crippen molar-refractivity contribution >= 4 is 28.9 Å². The van der Waals surface area contributed by atoms with Gasteiger partial charge in [0.25, 0.3) is 5.69 Å². The zero-order valence-corrected chi connectivity index (χ0v) is 11.5. The van der Waals surface area contributed by atoms with E-state index in [9.17, 15) is 14.9 Å². The predicted octanol–water partition coefficient (Wildman–Crippen LogP) is 3.56. The van der Waals surface area contributed by atoms with Gasteiger partial charge in [-0.25, -0.2) is 4.79 Å². The second kappa shape index (κ2) is 6.23. The number of carbonyl (C=O) groups is 1. The molecular weight excluding hydrogens is 296 g/mol. The molecule has 0 aliphatic rings. The summed E-state index contributed by atoms with van der Waals surface area (Å²) in [5.74, 6) is -1.23. The second-order valence-corrected chi connectivity index (χ2v) is 4.71. The summed E-state index contributed by atoms with van der Waals surface area (Å²) >= 11 is 5.87. The fourth-order valence-corrected chi connectivity index (χ4v) is 2.03. The highest BCUT2D eigenvalue weighted by Gasteiger charge is 2.15. The van der Waals surface area contributed by atoms with Crippen LogP contribution in [-0.2, 0) is 6.54 Å². The summed E-state index contributed by atoms with van der Waals surface area (Å²) in [5.41, 5.74) is 0.775. The number of rotatable bonds is 5. The summed E-state index contributed by atoms with van der Waals surface area (Å²) in [6.45, 7) is 0.360. The average Bonchev–Trinajstić information content (AvgIpc) is 2.44. The Balaban J connectivity index is 2.23. The number of nitro benzene ring substituents is 1. The van der Waals surface area contributed by atoms with Crippen molar-refractivity contribution in [3.63, 3.8) is 0 Å². The smallest absolute Gasteiger partial charge is 0.338 e. The number of nitrogens with one attached hydrogen (secondary N) is 1. The molecule has 2 N–H and O–H groups in total. The van der Waals surface area contributed by atoms with Gasteiger partial charge in [0.05, 0.1) is 10.5 Å². The minimum atomic E-state index is -1.23. The molecule has 0 amide bonds. The van der Waals surface area contributed by atoms with E-state index in [-0.39, 0.29) is 11.3 Å². The predicted molar refractivity (Wildman–Crippen MR) is 78.8 cm³/mol. The van der Waals surface area contributed by atoms with Crippen LogP contribution in [0.2, 0.25) is 5.02 Å². The normalized spacial score (nSPS) is 10.1. The van der Waals surface area contributed by atoms with Crippen LogP contribution in [0.3, 0.4) is 0 Å². The Morgan fingerprint density at radius 1 is 1.29 bits per heavy atom. The standard InChI is InChI=1S/C14H11ClN2O4/c15-10-3-1-2-9(6-10)8-16-13-5-4-11(17(20)21)7-12(13)14(18)19/h1-7,16H,8H2,(H,18,19). The molecule has 6 nitrogen and oxygen atoms in total. The van der Waals surface area contributed by atoms with Crippen LogP contribution in [0.1, 0.15) is 15.9 Å². The van der Waals surface area contributed by atoms with Gasteiger partial charge >= 0.3 is 5.97 Å². The number of halogens is 1. The van der Waals surface area contributed by atoms with Gasteiger partial charge in [-0.2, -0.15) is 0 Å². The second-order valence-electron chi connectivity index (χ2n) is 4.28. The zero-order valence-electron chi connectivity index (χ0n) is 10.7. The van der Waals surface area contributed by atoms with Gasteiger partial charge in [-0.3, -0.25) is 10.1 Å². The Morgan fingerprint density at radius 2 is 2.05 bits per heavy atom. The maximum atomic E-state index is 11.2. The van der Waals surface area contributed by atoms with E-state index in [4.69, 9.17) is 16.7 Å². The third-order valence-electron chi connectivity index (χ3n) is 2.82. The Hall–Kier alpha value is -2.60. The number of aromatic carboxylic acids is 1. The molecule has 0 radical (unpaired) electrons. The van der Waals surface area contributed by atoms with Crippen LogP contribution in [0.5, 0.6) is 0 Å². The Kier molecular flexibility index (Phi) is 4.39. The van der Waals surface area contributed by atoms with E-state index in [1.54, 1.807) is 18.2 Å².